The molecule has 3 fully saturated rings. The van der Waals surface area contributed by atoms with E-state index in [2.05, 4.69) is 5.32 Å². The molecule has 26 heavy (non-hydrogen) atoms. The van der Waals surface area contributed by atoms with Gasteiger partial charge in [0.2, 0.25) is 11.8 Å². The standard InChI is InChI=1S/C19H23ClN2O4/c1-13-12-14(20)2-3-15(13)21-16(23)18(4-5-18)17(24)22-8-6-19(7-9-22)25-10-11-26-19/h2-3,12H,4-11H2,1H3,(H,21,23). The molecular formula is C19H23ClN2O4. The summed E-state index contributed by atoms with van der Waals surface area (Å²) in [5.41, 5.74) is 0.655. The fourth-order valence-corrected chi connectivity index (χ4v) is 4.04. The van der Waals surface area contributed by atoms with Crippen LogP contribution in [0.4, 0.5) is 5.69 Å². The molecule has 1 aliphatic carbocycles. The smallest absolute Gasteiger partial charge is 0.240 e. The number of hydrogen-bond donors (Lipinski definition) is 1. The Balaban J connectivity index is 1.41. The lowest BCUT2D eigenvalue weighted by Gasteiger charge is -2.38. The lowest BCUT2D eigenvalue weighted by Crippen LogP contribution is -2.51. The van der Waals surface area contributed by atoms with Crippen LogP contribution in [0.2, 0.25) is 5.02 Å². The largest absolute Gasteiger partial charge is 0.347 e. The Hall–Kier alpha value is -1.63. The van der Waals surface area contributed by atoms with Crippen LogP contribution in [0, 0.1) is 12.3 Å². The summed E-state index contributed by atoms with van der Waals surface area (Å²) in [5.74, 6) is -0.813. The van der Waals surface area contributed by atoms with Gasteiger partial charge in [0.15, 0.2) is 5.79 Å². The first kappa shape index (κ1) is 17.8. The van der Waals surface area contributed by atoms with E-state index in [0.717, 1.165) is 5.56 Å². The third kappa shape index (κ3) is 3.10. The van der Waals surface area contributed by atoms with Gasteiger partial charge in [0.25, 0.3) is 0 Å². The van der Waals surface area contributed by atoms with E-state index in [4.69, 9.17) is 21.1 Å². The number of likely N-dealkylation sites (tertiary alicyclic amines) is 1. The first-order chi connectivity index (χ1) is 12.4. The van der Waals surface area contributed by atoms with Gasteiger partial charge in [0, 0.05) is 36.6 Å². The Labute approximate surface area is 157 Å². The minimum absolute atomic E-state index is 0.0746. The minimum atomic E-state index is -0.923. The number of anilines is 1. The Morgan fingerprint density at radius 3 is 2.35 bits per heavy atom. The number of piperidine rings is 1. The van der Waals surface area contributed by atoms with Crippen molar-refractivity contribution in [3.05, 3.63) is 28.8 Å². The van der Waals surface area contributed by atoms with Gasteiger partial charge in [-0.05, 0) is 43.5 Å². The molecule has 2 aliphatic heterocycles. The Kier molecular flexibility index (Phi) is 4.45. The normalized spacial score (nSPS) is 23.1. The summed E-state index contributed by atoms with van der Waals surface area (Å²) >= 11 is 5.97. The van der Waals surface area contributed by atoms with Crippen LogP contribution < -0.4 is 5.32 Å². The van der Waals surface area contributed by atoms with E-state index in [1.54, 1.807) is 23.1 Å². The van der Waals surface area contributed by atoms with E-state index in [-0.39, 0.29) is 11.8 Å². The molecule has 140 valence electrons. The van der Waals surface area contributed by atoms with Crippen LogP contribution in [0.15, 0.2) is 18.2 Å². The van der Waals surface area contributed by atoms with Crippen LogP contribution >= 0.6 is 11.6 Å². The summed E-state index contributed by atoms with van der Waals surface area (Å²) in [5, 5.41) is 3.54. The van der Waals surface area contributed by atoms with Crippen LogP contribution in [-0.4, -0.2) is 48.8 Å². The van der Waals surface area contributed by atoms with E-state index >= 15 is 0 Å². The van der Waals surface area contributed by atoms with Gasteiger partial charge >= 0.3 is 0 Å². The summed E-state index contributed by atoms with van der Waals surface area (Å²) in [6.45, 7) is 4.23. The molecule has 3 aliphatic rings. The van der Waals surface area contributed by atoms with Crippen molar-refractivity contribution in [2.75, 3.05) is 31.6 Å². The van der Waals surface area contributed by atoms with E-state index in [9.17, 15) is 9.59 Å². The number of hydrogen-bond acceptors (Lipinski definition) is 4. The number of rotatable bonds is 3. The quantitative estimate of drug-likeness (QED) is 0.821. The highest BCUT2D eigenvalue weighted by Crippen LogP contribution is 2.49. The number of carbonyl (C=O) groups is 2. The Bertz CT molecular complexity index is 731. The van der Waals surface area contributed by atoms with Crippen molar-refractivity contribution in [1.29, 1.82) is 0 Å². The molecule has 0 radical (unpaired) electrons. The molecule has 1 aromatic rings. The van der Waals surface area contributed by atoms with E-state index in [1.165, 1.54) is 0 Å². The monoisotopic (exact) mass is 378 g/mol. The Morgan fingerprint density at radius 2 is 1.77 bits per heavy atom. The number of aryl methyl sites for hydroxylation is 1. The van der Waals surface area contributed by atoms with Crippen molar-refractivity contribution in [2.45, 2.75) is 38.4 Å². The van der Waals surface area contributed by atoms with Gasteiger partial charge in [0.05, 0.1) is 13.2 Å². The van der Waals surface area contributed by atoms with Crippen molar-refractivity contribution >= 4 is 29.1 Å². The lowest BCUT2D eigenvalue weighted by molar-refractivity contribution is -0.188. The average molecular weight is 379 g/mol. The zero-order chi connectivity index (χ0) is 18.4. The van der Waals surface area contributed by atoms with Crippen LogP contribution in [0.5, 0.6) is 0 Å². The molecule has 6 nitrogen and oxygen atoms in total. The molecular weight excluding hydrogens is 356 g/mol. The second-order valence-electron chi connectivity index (χ2n) is 7.40. The molecule has 2 amide bonds. The minimum Gasteiger partial charge on any atom is -0.347 e. The number of nitrogens with one attached hydrogen (secondary N) is 1. The van der Waals surface area contributed by atoms with Crippen LogP contribution in [0.1, 0.15) is 31.2 Å². The van der Waals surface area contributed by atoms with E-state index in [0.29, 0.717) is 62.7 Å². The number of ether oxygens (including phenoxy) is 2. The zero-order valence-electron chi connectivity index (χ0n) is 14.8. The van der Waals surface area contributed by atoms with Crippen LogP contribution in [0.25, 0.3) is 0 Å². The molecule has 0 bridgehead atoms. The number of carbonyl (C=O) groups excluding carboxylic acids is 2. The first-order valence-electron chi connectivity index (χ1n) is 9.09. The fourth-order valence-electron chi connectivity index (χ4n) is 3.81. The molecule has 1 spiro atoms. The van der Waals surface area contributed by atoms with Gasteiger partial charge in [-0.25, -0.2) is 0 Å². The predicted octanol–water partition coefficient (Wildman–Crippen LogP) is 2.73. The molecule has 1 aromatic carbocycles. The van der Waals surface area contributed by atoms with Crippen LogP contribution in [0.3, 0.4) is 0 Å². The molecule has 7 heteroatoms. The molecule has 0 atom stereocenters. The van der Waals surface area contributed by atoms with Gasteiger partial charge in [-0.3, -0.25) is 9.59 Å². The lowest BCUT2D eigenvalue weighted by atomic mass is 9.98. The number of halogens is 1. The van der Waals surface area contributed by atoms with Gasteiger partial charge < -0.3 is 19.7 Å². The number of benzene rings is 1. The average Bonchev–Trinajstić information content (AvgIpc) is 3.33. The highest BCUT2D eigenvalue weighted by atomic mass is 35.5. The third-order valence-corrected chi connectivity index (χ3v) is 5.89. The van der Waals surface area contributed by atoms with Crippen molar-refractivity contribution in [3.63, 3.8) is 0 Å². The van der Waals surface area contributed by atoms with E-state index < -0.39 is 11.2 Å². The second kappa shape index (κ2) is 6.51. The SMILES string of the molecule is Cc1cc(Cl)ccc1NC(=O)C1(C(=O)N2CCC3(CC2)OCCO3)CC1. The molecule has 0 unspecified atom stereocenters. The summed E-state index contributed by atoms with van der Waals surface area (Å²) < 4.78 is 11.4. The predicted molar refractivity (Wildman–Crippen MR) is 96.9 cm³/mol. The van der Waals surface area contributed by atoms with Gasteiger partial charge in [-0.2, -0.15) is 0 Å². The second-order valence-corrected chi connectivity index (χ2v) is 7.83. The summed E-state index contributed by atoms with van der Waals surface area (Å²) in [7, 11) is 0. The van der Waals surface area contributed by atoms with Gasteiger partial charge in [0.1, 0.15) is 5.41 Å². The molecule has 0 aromatic heterocycles. The fraction of sp³-hybridized carbons (Fsp3) is 0.579. The summed E-state index contributed by atoms with van der Waals surface area (Å²) in [6.07, 6.45) is 2.51. The number of nitrogens with zero attached hydrogens (tertiary/aromatic N) is 1. The van der Waals surface area contributed by atoms with Crippen molar-refractivity contribution in [1.82, 2.24) is 4.90 Å². The first-order valence-corrected chi connectivity index (χ1v) is 9.47. The van der Waals surface area contributed by atoms with Crippen molar-refractivity contribution in [2.24, 2.45) is 5.41 Å². The van der Waals surface area contributed by atoms with E-state index in [1.807, 2.05) is 6.92 Å². The van der Waals surface area contributed by atoms with Crippen molar-refractivity contribution < 1.29 is 19.1 Å². The zero-order valence-corrected chi connectivity index (χ0v) is 15.6. The molecule has 4 rings (SSSR count). The summed E-state index contributed by atoms with van der Waals surface area (Å²) in [4.78, 5) is 27.6. The topological polar surface area (TPSA) is 67.9 Å². The molecule has 1 saturated carbocycles. The maximum absolute atomic E-state index is 13.0. The molecule has 1 N–H and O–H groups in total. The van der Waals surface area contributed by atoms with Gasteiger partial charge in [-0.1, -0.05) is 11.6 Å². The molecule has 2 heterocycles. The maximum atomic E-state index is 13.0. The van der Waals surface area contributed by atoms with Crippen molar-refractivity contribution in [3.8, 4) is 0 Å². The third-order valence-electron chi connectivity index (χ3n) is 5.66. The Morgan fingerprint density at radius 1 is 1.12 bits per heavy atom. The highest BCUT2D eigenvalue weighted by Gasteiger charge is 2.58. The molecule has 2 saturated heterocycles. The maximum Gasteiger partial charge on any atom is 0.240 e. The van der Waals surface area contributed by atoms with Crippen LogP contribution in [-0.2, 0) is 19.1 Å². The highest BCUT2D eigenvalue weighted by molar-refractivity contribution is 6.30. The number of amides is 2. The van der Waals surface area contributed by atoms with Gasteiger partial charge in [-0.15, -0.1) is 0 Å². The summed E-state index contributed by atoms with van der Waals surface area (Å²) in [6, 6.07) is 5.30.